The third-order valence-corrected chi connectivity index (χ3v) is 7.47. The van der Waals surface area contributed by atoms with Crippen molar-refractivity contribution in [2.45, 2.75) is 25.6 Å². The lowest BCUT2D eigenvalue weighted by molar-refractivity contribution is -0.128. The summed E-state index contributed by atoms with van der Waals surface area (Å²) in [7, 11) is 1.59. The highest BCUT2D eigenvalue weighted by atomic mass is 32.1. The normalized spacial score (nSPS) is 18.2. The van der Waals surface area contributed by atoms with Crippen molar-refractivity contribution < 1.29 is 28.5 Å². The number of rotatable bonds is 9. The molecule has 2 fully saturated rings. The van der Waals surface area contributed by atoms with E-state index in [0.717, 1.165) is 23.2 Å². The largest absolute Gasteiger partial charge is 0.494 e. The van der Waals surface area contributed by atoms with E-state index in [9.17, 15) is 9.59 Å². The Hall–Kier alpha value is -3.12. The van der Waals surface area contributed by atoms with E-state index in [-0.39, 0.29) is 18.6 Å². The van der Waals surface area contributed by atoms with Crippen molar-refractivity contribution >= 4 is 33.4 Å². The Balaban J connectivity index is 1.49. The summed E-state index contributed by atoms with van der Waals surface area (Å²) in [4.78, 5) is 35.4. The monoisotopic (exact) mass is 512 g/mol. The second-order valence-corrected chi connectivity index (χ2v) is 9.57. The van der Waals surface area contributed by atoms with Crippen LogP contribution in [-0.4, -0.2) is 73.3 Å². The van der Waals surface area contributed by atoms with Gasteiger partial charge in [0.1, 0.15) is 22.4 Å². The number of fused-ring (bicyclic) bond motifs is 1. The van der Waals surface area contributed by atoms with Crippen LogP contribution in [0.3, 0.4) is 0 Å². The predicted molar refractivity (Wildman–Crippen MR) is 133 cm³/mol. The van der Waals surface area contributed by atoms with Crippen LogP contribution < -0.4 is 10.5 Å². The van der Waals surface area contributed by atoms with Gasteiger partial charge >= 0.3 is 0 Å². The van der Waals surface area contributed by atoms with Gasteiger partial charge in [-0.25, -0.2) is 4.98 Å². The van der Waals surface area contributed by atoms with Gasteiger partial charge in [-0.3, -0.25) is 14.6 Å². The number of pyridine rings is 1. The fourth-order valence-corrected chi connectivity index (χ4v) is 5.76. The van der Waals surface area contributed by atoms with E-state index < -0.39 is 5.91 Å². The van der Waals surface area contributed by atoms with Crippen molar-refractivity contribution in [1.29, 1.82) is 0 Å². The minimum atomic E-state index is -0.577. The van der Waals surface area contributed by atoms with Crippen molar-refractivity contribution in [1.82, 2.24) is 14.9 Å². The maximum absolute atomic E-state index is 12.4. The van der Waals surface area contributed by atoms with Crippen molar-refractivity contribution in [3.05, 3.63) is 41.2 Å². The lowest BCUT2D eigenvalue weighted by Crippen LogP contribution is -2.28. The summed E-state index contributed by atoms with van der Waals surface area (Å²) in [6, 6.07) is 5.41. The van der Waals surface area contributed by atoms with Crippen LogP contribution in [0.4, 0.5) is 0 Å². The molecule has 2 aliphatic rings. The molecule has 1 aromatic carbocycles. The second kappa shape index (κ2) is 10.9. The Labute approximate surface area is 212 Å². The lowest BCUT2D eigenvalue weighted by atomic mass is 10.1. The Kier molecular flexibility index (Phi) is 7.42. The number of hydrogen-bond acceptors (Lipinski definition) is 9. The summed E-state index contributed by atoms with van der Waals surface area (Å²) < 4.78 is 23.9. The van der Waals surface area contributed by atoms with Crippen molar-refractivity contribution in [3.63, 3.8) is 0 Å². The fraction of sp³-hybridized carbons (Fsp3) is 0.440. The number of hydrogen-bond donors (Lipinski definition) is 1. The molecule has 36 heavy (non-hydrogen) atoms. The van der Waals surface area contributed by atoms with Gasteiger partial charge in [-0.05, 0) is 18.6 Å². The van der Waals surface area contributed by atoms with Gasteiger partial charge in [-0.2, -0.15) is 0 Å². The first-order chi connectivity index (χ1) is 17.6. The summed E-state index contributed by atoms with van der Waals surface area (Å²) in [6.07, 6.45) is 2.79. The SMILES string of the molecule is COc1ccc(C2COCCO2)c2sc(-c3c(C(N)=O)ccnc3COCCN3CCCC3=O)nc12. The topological polar surface area (TPSA) is 126 Å². The molecule has 2 saturated heterocycles. The van der Waals surface area contributed by atoms with Crippen LogP contribution in [0.1, 0.15) is 40.6 Å². The van der Waals surface area contributed by atoms with Gasteiger partial charge < -0.3 is 29.6 Å². The number of ether oxygens (including phenoxy) is 4. The number of nitrogens with two attached hydrogens (primary N) is 1. The van der Waals surface area contributed by atoms with Gasteiger partial charge in [0.2, 0.25) is 11.8 Å². The van der Waals surface area contributed by atoms with Crippen LogP contribution in [-0.2, 0) is 25.6 Å². The Morgan fingerprint density at radius 3 is 2.92 bits per heavy atom. The number of thiazole rings is 1. The van der Waals surface area contributed by atoms with Gasteiger partial charge in [0, 0.05) is 36.8 Å². The Morgan fingerprint density at radius 1 is 1.31 bits per heavy atom. The first-order valence-corrected chi connectivity index (χ1v) is 12.7. The molecule has 190 valence electrons. The molecule has 2 aromatic heterocycles. The smallest absolute Gasteiger partial charge is 0.249 e. The molecule has 10 nitrogen and oxygen atoms in total. The molecule has 0 bridgehead atoms. The molecule has 11 heteroatoms. The number of aromatic nitrogens is 2. The molecule has 4 heterocycles. The first kappa shape index (κ1) is 24.6. The van der Waals surface area contributed by atoms with Crippen LogP contribution in [0.15, 0.2) is 24.4 Å². The molecule has 3 aromatic rings. The molecule has 2 aliphatic heterocycles. The minimum Gasteiger partial charge on any atom is -0.494 e. The fourth-order valence-electron chi connectivity index (χ4n) is 4.54. The summed E-state index contributed by atoms with van der Waals surface area (Å²) in [5.41, 5.74) is 8.76. The standard InChI is InChI=1S/C25H28N4O6S/c1-32-18-5-4-15(19-14-34-11-12-35-19)23-22(18)28-25(36-23)21-16(24(26)31)6-7-27-17(21)13-33-10-9-29-8-2-3-20(29)30/h4-7,19H,2-3,8-14H2,1H3,(H2,26,31). The third kappa shape index (κ3) is 4.92. The molecular formula is C25H28N4O6S. The molecule has 0 radical (unpaired) electrons. The minimum absolute atomic E-state index is 0.151. The average molecular weight is 513 g/mol. The lowest BCUT2D eigenvalue weighted by Gasteiger charge is -2.23. The van der Waals surface area contributed by atoms with Crippen LogP contribution in [0.25, 0.3) is 20.8 Å². The van der Waals surface area contributed by atoms with E-state index in [4.69, 9.17) is 29.7 Å². The maximum atomic E-state index is 12.4. The van der Waals surface area contributed by atoms with Gasteiger partial charge in [-0.15, -0.1) is 11.3 Å². The Bertz CT molecular complexity index is 1270. The molecule has 5 rings (SSSR count). The van der Waals surface area contributed by atoms with Crippen LogP contribution in [0.2, 0.25) is 0 Å². The van der Waals surface area contributed by atoms with Crippen molar-refractivity contribution in [2.24, 2.45) is 5.73 Å². The van der Waals surface area contributed by atoms with E-state index in [1.165, 1.54) is 11.3 Å². The Morgan fingerprint density at radius 2 is 2.19 bits per heavy atom. The number of carbonyl (C=O) groups is 2. The highest BCUT2D eigenvalue weighted by Gasteiger charge is 2.26. The van der Waals surface area contributed by atoms with E-state index in [1.807, 2.05) is 12.1 Å². The first-order valence-electron chi connectivity index (χ1n) is 11.9. The number of primary amides is 1. The maximum Gasteiger partial charge on any atom is 0.249 e. The van der Waals surface area contributed by atoms with E-state index in [0.29, 0.717) is 72.5 Å². The quantitative estimate of drug-likeness (QED) is 0.434. The summed E-state index contributed by atoms with van der Waals surface area (Å²) in [5.74, 6) is 0.192. The molecule has 0 saturated carbocycles. The van der Waals surface area contributed by atoms with Gasteiger partial charge in [0.05, 0.1) is 56.1 Å². The van der Waals surface area contributed by atoms with Crippen LogP contribution in [0, 0.1) is 0 Å². The zero-order valence-electron chi connectivity index (χ0n) is 20.0. The molecular weight excluding hydrogens is 484 g/mol. The number of methoxy groups -OCH3 is 1. The molecule has 1 unspecified atom stereocenters. The molecule has 0 spiro atoms. The molecule has 0 aliphatic carbocycles. The number of likely N-dealkylation sites (tertiary alicyclic amines) is 1. The van der Waals surface area contributed by atoms with E-state index >= 15 is 0 Å². The summed E-state index contributed by atoms with van der Waals surface area (Å²) in [6.45, 7) is 3.33. The van der Waals surface area contributed by atoms with E-state index in [2.05, 4.69) is 4.98 Å². The van der Waals surface area contributed by atoms with Crippen molar-refractivity contribution in [2.75, 3.05) is 46.6 Å². The number of carbonyl (C=O) groups excluding carboxylic acids is 2. The summed E-state index contributed by atoms with van der Waals surface area (Å²) >= 11 is 1.42. The number of benzene rings is 1. The van der Waals surface area contributed by atoms with Gasteiger partial charge in [0.15, 0.2) is 0 Å². The average Bonchev–Trinajstić information content (AvgIpc) is 3.52. The van der Waals surface area contributed by atoms with Gasteiger partial charge in [-0.1, -0.05) is 6.07 Å². The molecule has 2 amide bonds. The highest BCUT2D eigenvalue weighted by Crippen LogP contribution is 2.41. The van der Waals surface area contributed by atoms with Crippen LogP contribution in [0.5, 0.6) is 5.75 Å². The zero-order chi connectivity index (χ0) is 25.1. The number of amides is 2. The number of nitrogens with zero attached hydrogens (tertiary/aromatic N) is 3. The van der Waals surface area contributed by atoms with Crippen LogP contribution >= 0.6 is 11.3 Å². The predicted octanol–water partition coefficient (Wildman–Crippen LogP) is 2.69. The van der Waals surface area contributed by atoms with E-state index in [1.54, 1.807) is 24.3 Å². The summed E-state index contributed by atoms with van der Waals surface area (Å²) in [5, 5.41) is 0.586. The molecule has 1 atom stereocenters. The van der Waals surface area contributed by atoms with Gasteiger partial charge in [0.25, 0.3) is 0 Å². The molecule has 2 N–H and O–H groups in total. The van der Waals surface area contributed by atoms with Crippen molar-refractivity contribution in [3.8, 4) is 16.3 Å². The zero-order valence-corrected chi connectivity index (χ0v) is 20.8. The highest BCUT2D eigenvalue weighted by molar-refractivity contribution is 7.22. The third-order valence-electron chi connectivity index (χ3n) is 6.34. The second-order valence-electron chi connectivity index (χ2n) is 8.57.